The Morgan fingerprint density at radius 2 is 1.79 bits per heavy atom. The lowest BCUT2D eigenvalue weighted by Gasteiger charge is -2.08. The number of hydrogen-bond acceptors (Lipinski definition) is 5. The smallest absolute Gasteiger partial charge is 0.356 e. The van der Waals surface area contributed by atoms with E-state index in [-0.39, 0.29) is 22.6 Å². The number of benzene rings is 2. The molecule has 0 atom stereocenters. The van der Waals surface area contributed by atoms with E-state index in [0.717, 1.165) is 8.09 Å². The van der Waals surface area contributed by atoms with Gasteiger partial charge in [0.05, 0.1) is 10.9 Å². The van der Waals surface area contributed by atoms with Crippen molar-refractivity contribution in [2.45, 2.75) is 0 Å². The molecule has 1 amide bonds. The molecule has 0 spiro atoms. The summed E-state index contributed by atoms with van der Waals surface area (Å²) in [7, 11) is 0. The number of carboxylic acid groups (broad SMARTS) is 1. The summed E-state index contributed by atoms with van der Waals surface area (Å²) in [6.07, 6.45) is 0. The fourth-order valence-electron chi connectivity index (χ4n) is 2.69. The van der Waals surface area contributed by atoms with Crippen LogP contribution in [0.1, 0.15) is 20.8 Å². The van der Waals surface area contributed by atoms with E-state index >= 15 is 0 Å². The average molecular weight is 486 g/mol. The van der Waals surface area contributed by atoms with Crippen molar-refractivity contribution in [3.8, 4) is 0 Å². The number of nitrogens with zero attached hydrogens (tertiary/aromatic N) is 3. The van der Waals surface area contributed by atoms with Crippen LogP contribution in [0.15, 0.2) is 59.4 Å². The number of aromatic nitrogens is 3. The summed E-state index contributed by atoms with van der Waals surface area (Å²) in [5.74, 6) is -1.55. The number of carbonyl (C=O) groups excluding carboxylic acids is 1. The monoisotopic (exact) mass is 486 g/mol. The van der Waals surface area contributed by atoms with Crippen molar-refractivity contribution in [3.05, 3.63) is 79.8 Å². The van der Waals surface area contributed by atoms with Crippen molar-refractivity contribution in [1.29, 1.82) is 0 Å². The molecule has 4 aromatic rings. The fraction of sp³-hybridized carbons (Fsp3) is 0. The van der Waals surface area contributed by atoms with E-state index < -0.39 is 11.5 Å². The Balaban J connectivity index is 1.77. The van der Waals surface area contributed by atoms with Gasteiger partial charge in [-0.25, -0.2) is 9.78 Å². The molecule has 28 heavy (non-hydrogen) atoms. The molecule has 8 nitrogen and oxygen atoms in total. The van der Waals surface area contributed by atoms with Gasteiger partial charge in [-0.3, -0.25) is 9.59 Å². The van der Waals surface area contributed by atoms with Crippen LogP contribution in [0.3, 0.4) is 0 Å². The minimum absolute atomic E-state index is 0.216. The largest absolute Gasteiger partial charge is 0.476 e. The van der Waals surface area contributed by atoms with E-state index in [4.69, 9.17) is 5.11 Å². The van der Waals surface area contributed by atoms with Crippen molar-refractivity contribution in [2.75, 3.05) is 5.32 Å². The molecule has 0 aliphatic rings. The highest BCUT2D eigenvalue weighted by Crippen LogP contribution is 2.17. The first-order valence-corrected chi connectivity index (χ1v) is 9.14. The van der Waals surface area contributed by atoms with E-state index in [9.17, 15) is 14.4 Å². The van der Waals surface area contributed by atoms with Gasteiger partial charge in [-0.05, 0) is 77.2 Å². The summed E-state index contributed by atoms with van der Waals surface area (Å²) in [5, 5.41) is 15.9. The molecule has 9 heteroatoms. The first-order chi connectivity index (χ1) is 13.4. The highest BCUT2D eigenvalue weighted by molar-refractivity contribution is 14.1. The normalized spacial score (nSPS) is 10.9. The van der Waals surface area contributed by atoms with Crippen molar-refractivity contribution in [2.24, 2.45) is 0 Å². The standard InChI is InChI=1S/C19H11IN4O4/c20-11-3-1-10(2-4-11)17(25)21-12-5-6-14-13(9-12)18(26)24-16(22-14)8-7-15(23-24)19(27)28/h1-9H,(H,21,25)(H,27,28). The SMILES string of the molecule is O=C(Nc1ccc2nc3ccc(C(=O)O)nn3c(=O)c2c1)c1ccc(I)cc1. The molecule has 2 aromatic carbocycles. The average Bonchev–Trinajstić information content (AvgIpc) is 2.69. The van der Waals surface area contributed by atoms with E-state index in [2.05, 4.69) is 38.0 Å². The number of anilines is 1. The van der Waals surface area contributed by atoms with Crippen molar-refractivity contribution < 1.29 is 14.7 Å². The predicted octanol–water partition coefficient (Wildman–Crippen LogP) is 2.80. The second-order valence-electron chi connectivity index (χ2n) is 5.90. The quantitative estimate of drug-likeness (QED) is 0.340. The van der Waals surface area contributed by atoms with Crippen LogP contribution in [0.25, 0.3) is 16.6 Å². The number of carbonyl (C=O) groups is 2. The second kappa shape index (κ2) is 7.00. The van der Waals surface area contributed by atoms with Gasteiger partial charge < -0.3 is 10.4 Å². The Labute approximate surface area is 171 Å². The number of carboxylic acids is 1. The van der Waals surface area contributed by atoms with E-state index in [1.54, 1.807) is 24.3 Å². The van der Waals surface area contributed by atoms with Crippen LogP contribution in [0.2, 0.25) is 0 Å². The third-order valence-electron chi connectivity index (χ3n) is 4.05. The number of hydrogen-bond donors (Lipinski definition) is 2. The molecule has 0 radical (unpaired) electrons. The van der Waals surface area contributed by atoms with Gasteiger partial charge in [0, 0.05) is 14.8 Å². The van der Waals surface area contributed by atoms with Crippen LogP contribution in [0, 0.1) is 3.57 Å². The Morgan fingerprint density at radius 1 is 1.04 bits per heavy atom. The first kappa shape index (κ1) is 18.0. The number of halogens is 1. The number of fused-ring (bicyclic) bond motifs is 2. The summed E-state index contributed by atoms with van der Waals surface area (Å²) < 4.78 is 1.95. The summed E-state index contributed by atoms with van der Waals surface area (Å²) in [6.45, 7) is 0. The summed E-state index contributed by atoms with van der Waals surface area (Å²) in [6, 6.07) is 14.5. The number of amides is 1. The fourth-order valence-corrected chi connectivity index (χ4v) is 3.05. The Bertz CT molecular complexity index is 1320. The number of aromatic carboxylic acids is 1. The molecule has 0 fully saturated rings. The molecule has 2 heterocycles. The molecule has 4 rings (SSSR count). The number of rotatable bonds is 3. The number of nitrogens with one attached hydrogen (secondary N) is 1. The molecular formula is C19H11IN4O4. The Hall–Kier alpha value is -3.34. The highest BCUT2D eigenvalue weighted by atomic mass is 127. The molecule has 0 aliphatic carbocycles. The van der Waals surface area contributed by atoms with Gasteiger partial charge in [0.1, 0.15) is 0 Å². The molecule has 2 aromatic heterocycles. The summed E-state index contributed by atoms with van der Waals surface area (Å²) in [4.78, 5) is 40.6. The van der Waals surface area contributed by atoms with E-state index in [1.165, 1.54) is 18.2 Å². The molecule has 0 unspecified atom stereocenters. The minimum atomic E-state index is -1.24. The summed E-state index contributed by atoms with van der Waals surface area (Å²) in [5.41, 5.74) is 0.777. The van der Waals surface area contributed by atoms with Gasteiger partial charge in [-0.1, -0.05) is 0 Å². The van der Waals surface area contributed by atoms with E-state index in [1.807, 2.05) is 12.1 Å². The van der Waals surface area contributed by atoms with Gasteiger partial charge in [0.25, 0.3) is 11.5 Å². The molecule has 0 saturated heterocycles. The predicted molar refractivity (Wildman–Crippen MR) is 111 cm³/mol. The maximum Gasteiger partial charge on any atom is 0.356 e. The lowest BCUT2D eigenvalue weighted by molar-refractivity contribution is 0.0688. The van der Waals surface area contributed by atoms with Crippen LogP contribution >= 0.6 is 22.6 Å². The zero-order valence-corrected chi connectivity index (χ0v) is 16.2. The Morgan fingerprint density at radius 3 is 2.50 bits per heavy atom. The lowest BCUT2D eigenvalue weighted by Crippen LogP contribution is -2.20. The molecule has 2 N–H and O–H groups in total. The van der Waals surface area contributed by atoms with Crippen molar-refractivity contribution >= 4 is 56.7 Å². The Kier molecular flexibility index (Phi) is 4.51. The molecule has 0 aliphatic heterocycles. The summed E-state index contributed by atoms with van der Waals surface area (Å²) >= 11 is 2.15. The van der Waals surface area contributed by atoms with E-state index in [0.29, 0.717) is 16.8 Å². The highest BCUT2D eigenvalue weighted by Gasteiger charge is 2.12. The van der Waals surface area contributed by atoms with Gasteiger partial charge in [0.15, 0.2) is 11.3 Å². The topological polar surface area (TPSA) is 114 Å². The maximum absolute atomic E-state index is 12.8. The second-order valence-corrected chi connectivity index (χ2v) is 7.15. The first-order valence-electron chi connectivity index (χ1n) is 8.06. The van der Waals surface area contributed by atoms with Crippen molar-refractivity contribution in [3.63, 3.8) is 0 Å². The van der Waals surface area contributed by atoms with Gasteiger partial charge >= 0.3 is 5.97 Å². The van der Waals surface area contributed by atoms with Crippen LogP contribution in [0.5, 0.6) is 0 Å². The third kappa shape index (κ3) is 3.31. The van der Waals surface area contributed by atoms with Gasteiger partial charge in [0.2, 0.25) is 0 Å². The maximum atomic E-state index is 12.8. The van der Waals surface area contributed by atoms with Gasteiger partial charge in [-0.2, -0.15) is 9.61 Å². The molecule has 0 bridgehead atoms. The van der Waals surface area contributed by atoms with Crippen LogP contribution in [-0.2, 0) is 0 Å². The van der Waals surface area contributed by atoms with Crippen LogP contribution < -0.4 is 10.9 Å². The zero-order valence-electron chi connectivity index (χ0n) is 14.1. The van der Waals surface area contributed by atoms with Crippen LogP contribution in [-0.4, -0.2) is 31.6 Å². The zero-order chi connectivity index (χ0) is 19.8. The van der Waals surface area contributed by atoms with Crippen LogP contribution in [0.4, 0.5) is 5.69 Å². The van der Waals surface area contributed by atoms with Crippen molar-refractivity contribution in [1.82, 2.24) is 14.6 Å². The molecule has 138 valence electrons. The minimum Gasteiger partial charge on any atom is -0.476 e. The third-order valence-corrected chi connectivity index (χ3v) is 4.77. The molecular weight excluding hydrogens is 475 g/mol. The van der Waals surface area contributed by atoms with Gasteiger partial charge in [-0.15, -0.1) is 0 Å². The molecule has 0 saturated carbocycles. The lowest BCUT2D eigenvalue weighted by atomic mass is 10.2.